The summed E-state index contributed by atoms with van der Waals surface area (Å²) in [5.74, 6) is -0.257. The van der Waals surface area contributed by atoms with Crippen molar-refractivity contribution in [3.8, 4) is 0 Å². The van der Waals surface area contributed by atoms with Crippen LogP contribution in [0.15, 0.2) is 4.63 Å². The van der Waals surface area contributed by atoms with Gasteiger partial charge in [-0.25, -0.2) is 4.63 Å². The highest BCUT2D eigenvalue weighted by molar-refractivity contribution is 5.96. The van der Waals surface area contributed by atoms with Gasteiger partial charge in [-0.15, -0.1) is 0 Å². The van der Waals surface area contributed by atoms with E-state index in [1.54, 1.807) is 0 Å². The van der Waals surface area contributed by atoms with Gasteiger partial charge in [0.1, 0.15) is 0 Å². The summed E-state index contributed by atoms with van der Waals surface area (Å²) in [4.78, 5) is 11.8. The minimum absolute atomic E-state index is 0.0404. The van der Waals surface area contributed by atoms with Crippen LogP contribution < -0.4 is 11.1 Å². The van der Waals surface area contributed by atoms with Crippen molar-refractivity contribution in [1.82, 2.24) is 15.6 Å². The van der Waals surface area contributed by atoms with Crippen LogP contribution in [0, 0.1) is 5.41 Å². The topological polar surface area (TPSA) is 94.0 Å². The summed E-state index contributed by atoms with van der Waals surface area (Å²) >= 11 is 0. The molecule has 1 amide bonds. The Bertz CT molecular complexity index is 403. The Morgan fingerprint density at radius 1 is 1.41 bits per heavy atom. The molecule has 1 aromatic heterocycles. The van der Waals surface area contributed by atoms with E-state index in [0.717, 1.165) is 25.7 Å². The molecule has 1 heterocycles. The zero-order chi connectivity index (χ0) is 12.5. The molecule has 1 aromatic rings. The molecule has 0 radical (unpaired) electrons. The summed E-state index contributed by atoms with van der Waals surface area (Å²) in [5.41, 5.74) is 5.92. The van der Waals surface area contributed by atoms with Crippen LogP contribution in [-0.2, 0) is 0 Å². The standard InChI is InChI=1S/C11H18N4O2/c1-11(2)5-3-7(4-6-11)13-10(16)8-9(12)15-17-14-8/h7H,3-6H2,1-2H3,(H2,12,15)(H,13,16). The van der Waals surface area contributed by atoms with Crippen molar-refractivity contribution in [2.45, 2.75) is 45.6 Å². The number of nitrogen functional groups attached to an aromatic ring is 1. The van der Waals surface area contributed by atoms with Gasteiger partial charge < -0.3 is 11.1 Å². The lowest BCUT2D eigenvalue weighted by Gasteiger charge is -2.34. The van der Waals surface area contributed by atoms with Gasteiger partial charge in [-0.05, 0) is 41.4 Å². The molecule has 0 aromatic carbocycles. The van der Waals surface area contributed by atoms with Gasteiger partial charge in [0.15, 0.2) is 0 Å². The Morgan fingerprint density at radius 2 is 2.06 bits per heavy atom. The molecule has 94 valence electrons. The van der Waals surface area contributed by atoms with Crippen molar-refractivity contribution in [3.63, 3.8) is 0 Å². The molecule has 6 heteroatoms. The molecule has 17 heavy (non-hydrogen) atoms. The molecule has 2 rings (SSSR count). The molecule has 6 nitrogen and oxygen atoms in total. The van der Waals surface area contributed by atoms with Crippen LogP contribution in [0.1, 0.15) is 50.0 Å². The first kappa shape index (κ1) is 11.9. The Labute approximate surface area is 99.9 Å². The van der Waals surface area contributed by atoms with E-state index in [9.17, 15) is 4.79 Å². The van der Waals surface area contributed by atoms with Gasteiger partial charge in [0.25, 0.3) is 5.91 Å². The SMILES string of the molecule is CC1(C)CCC(NC(=O)c2nonc2N)CC1. The van der Waals surface area contributed by atoms with Crippen molar-refractivity contribution in [3.05, 3.63) is 5.69 Å². The van der Waals surface area contributed by atoms with Crippen LogP contribution in [0.3, 0.4) is 0 Å². The van der Waals surface area contributed by atoms with Gasteiger partial charge in [0.05, 0.1) is 0 Å². The molecular formula is C11H18N4O2. The largest absolute Gasteiger partial charge is 0.379 e. The fourth-order valence-corrected chi connectivity index (χ4v) is 2.15. The highest BCUT2D eigenvalue weighted by Crippen LogP contribution is 2.35. The van der Waals surface area contributed by atoms with Crippen molar-refractivity contribution >= 4 is 11.7 Å². The maximum absolute atomic E-state index is 11.8. The van der Waals surface area contributed by atoms with E-state index >= 15 is 0 Å². The lowest BCUT2D eigenvalue weighted by Crippen LogP contribution is -2.39. The quantitative estimate of drug-likeness (QED) is 0.811. The van der Waals surface area contributed by atoms with Gasteiger partial charge in [0.2, 0.25) is 11.5 Å². The monoisotopic (exact) mass is 238 g/mol. The summed E-state index contributed by atoms with van der Waals surface area (Å²) < 4.78 is 4.40. The number of anilines is 1. The third-order valence-corrected chi connectivity index (χ3v) is 3.40. The highest BCUT2D eigenvalue weighted by atomic mass is 16.6. The molecule has 1 aliphatic rings. The fourth-order valence-electron chi connectivity index (χ4n) is 2.15. The van der Waals surface area contributed by atoms with E-state index in [1.165, 1.54) is 0 Å². The molecule has 0 saturated heterocycles. The van der Waals surface area contributed by atoms with E-state index in [-0.39, 0.29) is 23.5 Å². The minimum atomic E-state index is -0.298. The summed E-state index contributed by atoms with van der Waals surface area (Å²) in [5, 5.41) is 9.79. The third kappa shape index (κ3) is 2.75. The number of nitrogens with zero attached hydrogens (tertiary/aromatic N) is 2. The first-order valence-electron chi connectivity index (χ1n) is 5.87. The van der Waals surface area contributed by atoms with Gasteiger partial charge in [-0.1, -0.05) is 13.8 Å². The predicted molar refractivity (Wildman–Crippen MR) is 62.2 cm³/mol. The van der Waals surface area contributed by atoms with Gasteiger partial charge in [-0.2, -0.15) is 0 Å². The number of nitrogens with two attached hydrogens (primary N) is 1. The number of carbonyl (C=O) groups is 1. The second-order valence-electron chi connectivity index (χ2n) is 5.41. The van der Waals surface area contributed by atoms with Crippen LogP contribution >= 0.6 is 0 Å². The molecule has 1 fully saturated rings. The predicted octanol–water partition coefficient (Wildman–Crippen LogP) is 1.35. The minimum Gasteiger partial charge on any atom is -0.379 e. The lowest BCUT2D eigenvalue weighted by molar-refractivity contribution is 0.0899. The smallest absolute Gasteiger partial charge is 0.277 e. The maximum Gasteiger partial charge on any atom is 0.277 e. The van der Waals surface area contributed by atoms with Crippen molar-refractivity contribution < 1.29 is 9.42 Å². The molecule has 0 aliphatic heterocycles. The molecule has 0 unspecified atom stereocenters. The number of nitrogens with one attached hydrogen (secondary N) is 1. The molecule has 1 aliphatic carbocycles. The Kier molecular flexibility index (Phi) is 3.04. The summed E-state index contributed by atoms with van der Waals surface area (Å²) in [7, 11) is 0. The van der Waals surface area contributed by atoms with Crippen molar-refractivity contribution in [2.75, 3.05) is 5.73 Å². The number of aromatic nitrogens is 2. The number of hydrogen-bond donors (Lipinski definition) is 2. The molecule has 0 bridgehead atoms. The zero-order valence-electron chi connectivity index (χ0n) is 10.2. The molecular weight excluding hydrogens is 220 g/mol. The number of carbonyl (C=O) groups excluding carboxylic acids is 1. The third-order valence-electron chi connectivity index (χ3n) is 3.40. The van der Waals surface area contributed by atoms with E-state index in [2.05, 4.69) is 34.1 Å². The summed E-state index contributed by atoms with van der Waals surface area (Å²) in [6, 6.07) is 0.201. The lowest BCUT2D eigenvalue weighted by atomic mass is 9.75. The maximum atomic E-state index is 11.8. The second-order valence-corrected chi connectivity index (χ2v) is 5.41. The van der Waals surface area contributed by atoms with Crippen LogP contribution in [0.25, 0.3) is 0 Å². The number of hydrogen-bond acceptors (Lipinski definition) is 5. The second kappa shape index (κ2) is 4.35. The van der Waals surface area contributed by atoms with Crippen LogP contribution in [0.5, 0.6) is 0 Å². The van der Waals surface area contributed by atoms with Crippen LogP contribution in [0.2, 0.25) is 0 Å². The molecule has 0 spiro atoms. The number of amides is 1. The fraction of sp³-hybridized carbons (Fsp3) is 0.727. The van der Waals surface area contributed by atoms with Gasteiger partial charge in [-0.3, -0.25) is 4.79 Å². The molecule has 1 saturated carbocycles. The summed E-state index contributed by atoms with van der Waals surface area (Å²) in [6.45, 7) is 4.51. The average Bonchev–Trinajstić information content (AvgIpc) is 2.68. The van der Waals surface area contributed by atoms with E-state index in [4.69, 9.17) is 5.73 Å². The van der Waals surface area contributed by atoms with Crippen molar-refractivity contribution in [1.29, 1.82) is 0 Å². The normalized spacial score (nSPS) is 20.1. The van der Waals surface area contributed by atoms with Crippen molar-refractivity contribution in [2.24, 2.45) is 5.41 Å². The Balaban J connectivity index is 1.91. The summed E-state index contributed by atoms with van der Waals surface area (Å²) in [6.07, 6.45) is 4.21. The van der Waals surface area contributed by atoms with Gasteiger partial charge >= 0.3 is 0 Å². The zero-order valence-corrected chi connectivity index (χ0v) is 10.2. The number of rotatable bonds is 2. The Hall–Kier alpha value is -1.59. The Morgan fingerprint density at radius 3 is 2.59 bits per heavy atom. The average molecular weight is 238 g/mol. The first-order chi connectivity index (χ1) is 7.98. The van der Waals surface area contributed by atoms with E-state index < -0.39 is 0 Å². The molecule has 3 N–H and O–H groups in total. The first-order valence-corrected chi connectivity index (χ1v) is 5.87. The van der Waals surface area contributed by atoms with E-state index in [1.807, 2.05) is 0 Å². The van der Waals surface area contributed by atoms with Crippen LogP contribution in [-0.4, -0.2) is 22.3 Å². The van der Waals surface area contributed by atoms with Gasteiger partial charge in [0, 0.05) is 6.04 Å². The van der Waals surface area contributed by atoms with Crippen LogP contribution in [0.4, 0.5) is 5.82 Å². The highest BCUT2D eigenvalue weighted by Gasteiger charge is 2.28. The molecule has 0 atom stereocenters. The van der Waals surface area contributed by atoms with E-state index in [0.29, 0.717) is 5.41 Å².